The van der Waals surface area contributed by atoms with Crippen LogP contribution < -0.4 is 19.5 Å². The summed E-state index contributed by atoms with van der Waals surface area (Å²) in [5, 5.41) is 16.2. The maximum atomic E-state index is 5.52. The van der Waals surface area contributed by atoms with Crippen LogP contribution in [0.1, 0.15) is 12.0 Å². The highest BCUT2D eigenvalue weighted by Gasteiger charge is 2.15. The highest BCUT2D eigenvalue weighted by atomic mass is 32.2. The van der Waals surface area contributed by atoms with E-state index in [9.17, 15) is 0 Å². The summed E-state index contributed by atoms with van der Waals surface area (Å²) in [6.07, 6.45) is 0.974. The van der Waals surface area contributed by atoms with E-state index < -0.39 is 0 Å². The van der Waals surface area contributed by atoms with Crippen molar-refractivity contribution in [3.8, 4) is 22.9 Å². The van der Waals surface area contributed by atoms with Gasteiger partial charge in [0.15, 0.2) is 11.5 Å². The molecule has 1 heterocycles. The van der Waals surface area contributed by atoms with Gasteiger partial charge in [-0.15, -0.1) is 5.10 Å². The summed E-state index contributed by atoms with van der Waals surface area (Å²) in [7, 11) is 4.85. The van der Waals surface area contributed by atoms with E-state index in [-0.39, 0.29) is 0 Å². The maximum Gasteiger partial charge on any atom is 0.214 e. The minimum atomic E-state index is 0.609. The Kier molecular flexibility index (Phi) is 7.71. The van der Waals surface area contributed by atoms with Crippen molar-refractivity contribution in [2.24, 2.45) is 0 Å². The molecule has 0 radical (unpaired) electrons. The summed E-state index contributed by atoms with van der Waals surface area (Å²) < 4.78 is 18.0. The summed E-state index contributed by atoms with van der Waals surface area (Å²) in [4.78, 5) is 0. The number of tetrazole rings is 1. The van der Waals surface area contributed by atoms with Crippen molar-refractivity contribution in [3.05, 3.63) is 48.0 Å². The lowest BCUT2D eigenvalue weighted by molar-refractivity contribution is 0.321. The molecule has 0 amide bonds. The van der Waals surface area contributed by atoms with Crippen molar-refractivity contribution in [1.82, 2.24) is 25.5 Å². The van der Waals surface area contributed by atoms with E-state index in [1.807, 2.05) is 42.5 Å². The summed E-state index contributed by atoms with van der Waals surface area (Å²) in [6, 6.07) is 13.7. The van der Waals surface area contributed by atoms with E-state index >= 15 is 0 Å². The number of ether oxygens (including phenoxy) is 3. The van der Waals surface area contributed by atoms with Crippen molar-refractivity contribution in [1.29, 1.82) is 0 Å². The van der Waals surface area contributed by atoms with E-state index in [1.54, 1.807) is 37.8 Å². The third-order valence-electron chi connectivity index (χ3n) is 4.27. The number of hydrogen-bond acceptors (Lipinski definition) is 8. The summed E-state index contributed by atoms with van der Waals surface area (Å²) in [5.41, 5.74) is 1.98. The number of nitrogens with zero attached hydrogens (tertiary/aromatic N) is 4. The van der Waals surface area contributed by atoms with Gasteiger partial charge in [0.1, 0.15) is 0 Å². The number of rotatable bonds is 11. The summed E-state index contributed by atoms with van der Waals surface area (Å²) in [5.74, 6) is 2.86. The predicted molar refractivity (Wildman–Crippen MR) is 112 cm³/mol. The SMILES string of the molecule is COc1ccc(CNCCCSc2nnnn2-c2ccccc2)c(OC)c1OC. The molecule has 0 unspecified atom stereocenters. The maximum absolute atomic E-state index is 5.52. The van der Waals surface area contributed by atoms with Crippen LogP contribution >= 0.6 is 11.8 Å². The second-order valence-electron chi connectivity index (χ2n) is 6.08. The third-order valence-corrected chi connectivity index (χ3v) is 5.28. The third kappa shape index (κ3) is 5.18. The Hall–Kier alpha value is -2.78. The molecule has 0 bridgehead atoms. The van der Waals surface area contributed by atoms with Crippen LogP contribution in [0.5, 0.6) is 17.2 Å². The Balaban J connectivity index is 1.47. The van der Waals surface area contributed by atoms with Gasteiger partial charge >= 0.3 is 0 Å². The quantitative estimate of drug-likeness (QED) is 0.378. The minimum absolute atomic E-state index is 0.609. The van der Waals surface area contributed by atoms with Gasteiger partial charge in [-0.25, -0.2) is 0 Å². The Bertz CT molecular complexity index is 904. The molecule has 0 aliphatic heterocycles. The van der Waals surface area contributed by atoms with Gasteiger partial charge in [-0.1, -0.05) is 36.0 Å². The fraction of sp³-hybridized carbons (Fsp3) is 0.350. The van der Waals surface area contributed by atoms with Crippen molar-refractivity contribution in [3.63, 3.8) is 0 Å². The van der Waals surface area contributed by atoms with Gasteiger partial charge in [0.05, 0.1) is 27.0 Å². The molecule has 2 aromatic carbocycles. The largest absolute Gasteiger partial charge is 0.493 e. The van der Waals surface area contributed by atoms with Gasteiger partial charge in [-0.05, 0) is 41.6 Å². The predicted octanol–water partition coefficient (Wildman–Crippen LogP) is 2.96. The molecule has 1 N–H and O–H groups in total. The average molecular weight is 416 g/mol. The minimum Gasteiger partial charge on any atom is -0.493 e. The number of para-hydroxylation sites is 1. The fourth-order valence-corrected chi connectivity index (χ4v) is 3.72. The Morgan fingerprint density at radius 3 is 2.48 bits per heavy atom. The lowest BCUT2D eigenvalue weighted by atomic mass is 10.1. The zero-order valence-electron chi connectivity index (χ0n) is 16.8. The van der Waals surface area contributed by atoms with Crippen LogP contribution in [0.4, 0.5) is 0 Å². The lowest BCUT2D eigenvalue weighted by Crippen LogP contribution is -2.16. The molecule has 3 rings (SSSR count). The van der Waals surface area contributed by atoms with Crippen LogP contribution in [-0.2, 0) is 6.54 Å². The van der Waals surface area contributed by atoms with Crippen molar-refractivity contribution in [2.45, 2.75) is 18.1 Å². The molecule has 0 aliphatic carbocycles. The van der Waals surface area contributed by atoms with Gasteiger partial charge in [0.2, 0.25) is 10.9 Å². The lowest BCUT2D eigenvalue weighted by Gasteiger charge is -2.16. The van der Waals surface area contributed by atoms with Gasteiger partial charge in [-0.2, -0.15) is 4.68 Å². The van der Waals surface area contributed by atoms with Crippen LogP contribution in [0.15, 0.2) is 47.6 Å². The zero-order chi connectivity index (χ0) is 20.5. The molecule has 29 heavy (non-hydrogen) atoms. The van der Waals surface area contributed by atoms with E-state index in [1.165, 1.54) is 0 Å². The number of thioether (sulfide) groups is 1. The topological polar surface area (TPSA) is 83.3 Å². The first kappa shape index (κ1) is 20.9. The van der Waals surface area contributed by atoms with Gasteiger partial charge in [0.25, 0.3) is 0 Å². The molecule has 0 spiro atoms. The first-order chi connectivity index (χ1) is 14.3. The molecule has 0 atom stereocenters. The number of aromatic nitrogens is 4. The first-order valence-electron chi connectivity index (χ1n) is 9.23. The zero-order valence-corrected chi connectivity index (χ0v) is 17.6. The molecular formula is C20H25N5O3S. The summed E-state index contributed by atoms with van der Waals surface area (Å²) >= 11 is 1.64. The molecule has 0 fully saturated rings. The van der Waals surface area contributed by atoms with Crippen LogP contribution in [0.3, 0.4) is 0 Å². The Labute approximate surface area is 174 Å². The molecular weight excluding hydrogens is 390 g/mol. The van der Waals surface area contributed by atoms with Gasteiger partial charge in [-0.3, -0.25) is 0 Å². The van der Waals surface area contributed by atoms with Crippen molar-refractivity contribution in [2.75, 3.05) is 33.6 Å². The number of nitrogens with one attached hydrogen (secondary N) is 1. The summed E-state index contributed by atoms with van der Waals surface area (Å²) in [6.45, 7) is 1.54. The second kappa shape index (κ2) is 10.7. The molecule has 1 aromatic heterocycles. The standard InChI is InChI=1S/C20H25N5O3S/c1-26-17-11-10-15(18(27-2)19(17)28-3)14-21-12-7-13-29-20-22-23-24-25(20)16-8-5-4-6-9-16/h4-6,8-11,21H,7,12-14H2,1-3H3. The Morgan fingerprint density at radius 2 is 1.76 bits per heavy atom. The smallest absolute Gasteiger partial charge is 0.214 e. The normalized spacial score (nSPS) is 10.7. The van der Waals surface area contributed by atoms with Crippen LogP contribution in [0.2, 0.25) is 0 Å². The van der Waals surface area contributed by atoms with Crippen molar-refractivity contribution >= 4 is 11.8 Å². The Morgan fingerprint density at radius 1 is 0.966 bits per heavy atom. The molecule has 3 aromatic rings. The second-order valence-corrected chi connectivity index (χ2v) is 7.14. The average Bonchev–Trinajstić information content (AvgIpc) is 3.24. The monoisotopic (exact) mass is 415 g/mol. The van der Waals surface area contributed by atoms with Crippen LogP contribution in [0.25, 0.3) is 5.69 Å². The highest BCUT2D eigenvalue weighted by Crippen LogP contribution is 2.39. The molecule has 0 saturated carbocycles. The number of methoxy groups -OCH3 is 3. The van der Waals surface area contributed by atoms with E-state index in [4.69, 9.17) is 14.2 Å². The van der Waals surface area contributed by atoms with E-state index in [2.05, 4.69) is 20.8 Å². The fourth-order valence-electron chi connectivity index (χ4n) is 2.89. The van der Waals surface area contributed by atoms with Crippen LogP contribution in [0, 0.1) is 0 Å². The van der Waals surface area contributed by atoms with E-state index in [0.717, 1.165) is 35.1 Å². The molecule has 9 heteroatoms. The van der Waals surface area contributed by atoms with E-state index in [0.29, 0.717) is 23.8 Å². The van der Waals surface area contributed by atoms with Crippen molar-refractivity contribution < 1.29 is 14.2 Å². The highest BCUT2D eigenvalue weighted by molar-refractivity contribution is 7.99. The molecule has 0 saturated heterocycles. The van der Waals surface area contributed by atoms with Gasteiger partial charge < -0.3 is 19.5 Å². The molecule has 154 valence electrons. The molecule has 0 aliphatic rings. The van der Waals surface area contributed by atoms with Crippen LogP contribution in [-0.4, -0.2) is 53.8 Å². The first-order valence-corrected chi connectivity index (χ1v) is 10.2. The molecule has 8 nitrogen and oxygen atoms in total. The van der Waals surface area contributed by atoms with Gasteiger partial charge in [0, 0.05) is 17.9 Å². The number of hydrogen-bond donors (Lipinski definition) is 1. The number of benzene rings is 2.